The summed E-state index contributed by atoms with van der Waals surface area (Å²) in [6.07, 6.45) is 0.670. The fourth-order valence-electron chi connectivity index (χ4n) is 2.02. The summed E-state index contributed by atoms with van der Waals surface area (Å²) in [5.41, 5.74) is 7.64. The standard InChI is InChI=1S/C17H19NO3/c1-2-20-15-10-6-9-14(18)16(15)17(19)21-12-11-13-7-4-3-5-8-13/h3-10H,2,11-12,18H2,1H3. The summed E-state index contributed by atoms with van der Waals surface area (Å²) in [4.78, 5) is 12.2. The van der Waals surface area contributed by atoms with Crippen molar-refractivity contribution >= 4 is 11.7 Å². The van der Waals surface area contributed by atoms with E-state index in [1.807, 2.05) is 37.3 Å². The van der Waals surface area contributed by atoms with E-state index in [0.717, 1.165) is 5.56 Å². The maximum Gasteiger partial charge on any atom is 0.344 e. The molecule has 0 bridgehead atoms. The molecule has 4 nitrogen and oxygen atoms in total. The Bertz CT molecular complexity index is 596. The number of hydrogen-bond acceptors (Lipinski definition) is 4. The lowest BCUT2D eigenvalue weighted by Crippen LogP contribution is -2.12. The third-order valence-corrected chi connectivity index (χ3v) is 3.03. The number of nitrogens with two attached hydrogens (primary N) is 1. The van der Waals surface area contributed by atoms with Crippen molar-refractivity contribution in [1.29, 1.82) is 0 Å². The molecule has 2 rings (SSSR count). The first kappa shape index (κ1) is 14.9. The van der Waals surface area contributed by atoms with Gasteiger partial charge in [-0.2, -0.15) is 0 Å². The molecule has 0 spiro atoms. The molecule has 2 N–H and O–H groups in total. The first-order valence-corrected chi connectivity index (χ1v) is 6.94. The van der Waals surface area contributed by atoms with Crippen molar-refractivity contribution in [3.05, 3.63) is 59.7 Å². The van der Waals surface area contributed by atoms with Gasteiger partial charge in [0.2, 0.25) is 0 Å². The number of esters is 1. The number of ether oxygens (including phenoxy) is 2. The highest BCUT2D eigenvalue weighted by Gasteiger charge is 2.17. The molecule has 2 aromatic rings. The van der Waals surface area contributed by atoms with Gasteiger partial charge in [-0.25, -0.2) is 4.79 Å². The largest absolute Gasteiger partial charge is 0.493 e. The van der Waals surface area contributed by atoms with E-state index in [1.165, 1.54) is 0 Å². The van der Waals surface area contributed by atoms with Gasteiger partial charge < -0.3 is 15.2 Å². The first-order valence-electron chi connectivity index (χ1n) is 6.94. The predicted molar refractivity (Wildman–Crippen MR) is 82.5 cm³/mol. The highest BCUT2D eigenvalue weighted by molar-refractivity contribution is 5.98. The molecular weight excluding hydrogens is 266 g/mol. The average molecular weight is 285 g/mol. The molecule has 110 valence electrons. The molecule has 0 aliphatic heterocycles. The van der Waals surface area contributed by atoms with Crippen molar-refractivity contribution in [3.8, 4) is 5.75 Å². The van der Waals surface area contributed by atoms with Gasteiger partial charge in [-0.1, -0.05) is 36.4 Å². The Balaban J connectivity index is 2.00. The molecule has 21 heavy (non-hydrogen) atoms. The van der Waals surface area contributed by atoms with Gasteiger partial charge in [-0.3, -0.25) is 0 Å². The zero-order valence-corrected chi connectivity index (χ0v) is 12.0. The van der Waals surface area contributed by atoms with Crippen LogP contribution < -0.4 is 10.5 Å². The Morgan fingerprint density at radius 2 is 1.86 bits per heavy atom. The predicted octanol–water partition coefficient (Wildman–Crippen LogP) is 3.07. The lowest BCUT2D eigenvalue weighted by molar-refractivity contribution is 0.0506. The van der Waals surface area contributed by atoms with E-state index < -0.39 is 5.97 Å². The van der Waals surface area contributed by atoms with E-state index in [9.17, 15) is 4.79 Å². The number of rotatable bonds is 6. The maximum atomic E-state index is 12.2. The summed E-state index contributed by atoms with van der Waals surface area (Å²) in [5.74, 6) is 0.00897. The van der Waals surface area contributed by atoms with E-state index in [-0.39, 0.29) is 0 Å². The van der Waals surface area contributed by atoms with Crippen LogP contribution in [-0.4, -0.2) is 19.2 Å². The van der Waals surface area contributed by atoms with Crippen LogP contribution in [0.4, 0.5) is 5.69 Å². The van der Waals surface area contributed by atoms with Gasteiger partial charge in [0.15, 0.2) is 0 Å². The lowest BCUT2D eigenvalue weighted by atomic mass is 10.1. The van der Waals surface area contributed by atoms with Crippen LogP contribution in [0.15, 0.2) is 48.5 Å². The fraction of sp³-hybridized carbons (Fsp3) is 0.235. The van der Waals surface area contributed by atoms with E-state index in [2.05, 4.69) is 0 Å². The van der Waals surface area contributed by atoms with Gasteiger partial charge in [-0.15, -0.1) is 0 Å². The molecule has 0 aromatic heterocycles. The topological polar surface area (TPSA) is 61.5 Å². The zero-order chi connectivity index (χ0) is 15.1. The van der Waals surface area contributed by atoms with Crippen LogP contribution in [0.2, 0.25) is 0 Å². The number of benzene rings is 2. The molecule has 0 unspecified atom stereocenters. The lowest BCUT2D eigenvalue weighted by Gasteiger charge is -2.12. The van der Waals surface area contributed by atoms with Gasteiger partial charge >= 0.3 is 5.97 Å². The van der Waals surface area contributed by atoms with Crippen LogP contribution in [0, 0.1) is 0 Å². The second kappa shape index (κ2) is 7.33. The summed E-state index contributed by atoms with van der Waals surface area (Å²) in [7, 11) is 0. The SMILES string of the molecule is CCOc1cccc(N)c1C(=O)OCCc1ccccc1. The highest BCUT2D eigenvalue weighted by atomic mass is 16.5. The average Bonchev–Trinajstić information content (AvgIpc) is 2.48. The molecule has 0 heterocycles. The van der Waals surface area contributed by atoms with Crippen molar-refractivity contribution < 1.29 is 14.3 Å². The summed E-state index contributed by atoms with van der Waals surface area (Å²) in [5, 5.41) is 0. The van der Waals surface area contributed by atoms with E-state index in [0.29, 0.717) is 36.6 Å². The maximum absolute atomic E-state index is 12.2. The van der Waals surface area contributed by atoms with Gasteiger partial charge in [0.05, 0.1) is 13.2 Å². The van der Waals surface area contributed by atoms with Gasteiger partial charge in [0, 0.05) is 12.1 Å². The van der Waals surface area contributed by atoms with Gasteiger partial charge in [0.1, 0.15) is 11.3 Å². The first-order chi connectivity index (χ1) is 10.2. The quantitative estimate of drug-likeness (QED) is 0.654. The van der Waals surface area contributed by atoms with Crippen molar-refractivity contribution in [1.82, 2.24) is 0 Å². The Hall–Kier alpha value is -2.49. The molecule has 0 amide bonds. The monoisotopic (exact) mass is 285 g/mol. The molecule has 0 saturated heterocycles. The van der Waals surface area contributed by atoms with E-state index in [4.69, 9.17) is 15.2 Å². The Morgan fingerprint density at radius 3 is 2.57 bits per heavy atom. The van der Waals surface area contributed by atoms with Crippen molar-refractivity contribution in [3.63, 3.8) is 0 Å². The van der Waals surface area contributed by atoms with Crippen LogP contribution in [0.25, 0.3) is 0 Å². The molecular formula is C17H19NO3. The summed E-state index contributed by atoms with van der Waals surface area (Å²) in [6.45, 7) is 2.63. The summed E-state index contributed by atoms with van der Waals surface area (Å²) < 4.78 is 10.7. The molecule has 0 saturated carbocycles. The Kier molecular flexibility index (Phi) is 5.21. The van der Waals surface area contributed by atoms with E-state index >= 15 is 0 Å². The smallest absolute Gasteiger partial charge is 0.344 e. The van der Waals surface area contributed by atoms with Crippen LogP contribution in [-0.2, 0) is 11.2 Å². The van der Waals surface area contributed by atoms with Gasteiger partial charge in [-0.05, 0) is 24.6 Å². The van der Waals surface area contributed by atoms with Crippen molar-refractivity contribution in [2.24, 2.45) is 0 Å². The second-order valence-electron chi connectivity index (χ2n) is 4.52. The highest BCUT2D eigenvalue weighted by Crippen LogP contribution is 2.25. The molecule has 0 radical (unpaired) electrons. The molecule has 0 atom stereocenters. The van der Waals surface area contributed by atoms with E-state index in [1.54, 1.807) is 18.2 Å². The molecule has 0 aliphatic rings. The number of carbonyl (C=O) groups excluding carboxylic acids is 1. The van der Waals surface area contributed by atoms with Crippen molar-refractivity contribution in [2.75, 3.05) is 18.9 Å². The minimum absolute atomic E-state index is 0.299. The molecule has 4 heteroatoms. The zero-order valence-electron chi connectivity index (χ0n) is 12.0. The van der Waals surface area contributed by atoms with Gasteiger partial charge in [0.25, 0.3) is 0 Å². The van der Waals surface area contributed by atoms with Crippen LogP contribution in [0.3, 0.4) is 0 Å². The second-order valence-corrected chi connectivity index (χ2v) is 4.52. The third kappa shape index (κ3) is 3.99. The fourth-order valence-corrected chi connectivity index (χ4v) is 2.02. The normalized spacial score (nSPS) is 10.1. The molecule has 0 aliphatic carbocycles. The number of carbonyl (C=O) groups is 1. The van der Waals surface area contributed by atoms with Crippen LogP contribution in [0.1, 0.15) is 22.8 Å². The van der Waals surface area contributed by atoms with Crippen LogP contribution >= 0.6 is 0 Å². The van der Waals surface area contributed by atoms with Crippen LogP contribution in [0.5, 0.6) is 5.75 Å². The van der Waals surface area contributed by atoms with Crippen molar-refractivity contribution in [2.45, 2.75) is 13.3 Å². The Labute approximate surface area is 124 Å². The summed E-state index contributed by atoms with van der Waals surface area (Å²) in [6, 6.07) is 15.0. The Morgan fingerprint density at radius 1 is 1.10 bits per heavy atom. The molecule has 0 fully saturated rings. The summed E-state index contributed by atoms with van der Waals surface area (Å²) >= 11 is 0. The minimum Gasteiger partial charge on any atom is -0.493 e. The number of hydrogen-bond donors (Lipinski definition) is 1. The number of nitrogen functional groups attached to an aromatic ring is 1. The minimum atomic E-state index is -0.451. The third-order valence-electron chi connectivity index (χ3n) is 3.03. The number of anilines is 1. The molecule has 2 aromatic carbocycles.